The number of nitrogens with two attached hydrogens (primary N) is 3. The predicted octanol–water partition coefficient (Wildman–Crippen LogP) is 6.09. The Morgan fingerprint density at radius 1 is 0.653 bits per heavy atom. The molecular formula is C48H63ClN20O6. The third kappa shape index (κ3) is 13.5. The first-order valence-electron chi connectivity index (χ1n) is 24.8. The second-order valence-electron chi connectivity index (χ2n) is 18.1. The van der Waals surface area contributed by atoms with Crippen molar-refractivity contribution in [3.63, 3.8) is 0 Å². The van der Waals surface area contributed by atoms with Crippen LogP contribution in [0.4, 0.5) is 64.0 Å². The van der Waals surface area contributed by atoms with Crippen molar-refractivity contribution < 1.29 is 19.4 Å². The number of carbonyl (C=O) groups excluding carboxylic acids is 2. The quantitative estimate of drug-likeness (QED) is 0.0274. The van der Waals surface area contributed by atoms with Crippen LogP contribution in [0.15, 0.2) is 42.7 Å². The van der Waals surface area contributed by atoms with Crippen molar-refractivity contribution in [2.24, 2.45) is 0 Å². The van der Waals surface area contributed by atoms with E-state index < -0.39 is 4.92 Å². The molecule has 1 saturated heterocycles. The first-order valence-corrected chi connectivity index (χ1v) is 25.2. The minimum absolute atomic E-state index is 0.0471. The summed E-state index contributed by atoms with van der Waals surface area (Å²) in [6.07, 6.45) is 7.97. The number of nitrogens with zero attached hydrogens (tertiary/aromatic N) is 13. The number of nitrogens with one attached hydrogen (secondary N) is 4. The fraction of sp³-hybridized carbons (Fsp3) is 0.438. The number of amides is 2. The number of likely N-dealkylation sites (N-methyl/N-ethyl adjacent to an activating group) is 1. The molecule has 0 aliphatic carbocycles. The zero-order valence-corrected chi connectivity index (χ0v) is 43.2. The lowest BCUT2D eigenvalue weighted by molar-refractivity contribution is -0.384. The maximum Gasteiger partial charge on any atom is 0.292 e. The molecule has 0 bridgehead atoms. The van der Waals surface area contributed by atoms with Gasteiger partial charge in [0, 0.05) is 69.1 Å². The fourth-order valence-electron chi connectivity index (χ4n) is 8.33. The highest BCUT2D eigenvalue weighted by molar-refractivity contribution is 6.32. The SMILES string of the molecule is CCCCNc1nc(N)c2[nH]cnc2n1.CCCCNc1nc(N)c2c(n1)N(Cc1ccc(Cl)c([N+](=O)[O-])c1)C(=O)C2.CCCCNc1nc(N)c2c(n1)N(Cc1ccc(N3CCN(C)CC3)c([N+](=O)[O-])c1)C(=O)C2. The molecule has 1 fully saturated rings. The minimum Gasteiger partial charge on any atom is -0.383 e. The molecule has 0 radical (unpaired) electrons. The molecule has 0 spiro atoms. The van der Waals surface area contributed by atoms with E-state index in [1.807, 2.05) is 18.0 Å². The minimum atomic E-state index is -0.554. The Labute approximate surface area is 437 Å². The Balaban J connectivity index is 0.000000175. The molecule has 27 heteroatoms. The number of nitro benzene ring substituents is 2. The lowest BCUT2D eigenvalue weighted by Crippen LogP contribution is -2.44. The molecule has 7 heterocycles. The molecule has 75 heavy (non-hydrogen) atoms. The van der Waals surface area contributed by atoms with Crippen LogP contribution >= 0.6 is 11.6 Å². The number of rotatable bonds is 19. The van der Waals surface area contributed by atoms with Gasteiger partial charge in [-0.1, -0.05) is 63.8 Å². The zero-order chi connectivity index (χ0) is 53.8. The lowest BCUT2D eigenvalue weighted by atomic mass is 10.1. The lowest BCUT2D eigenvalue weighted by Gasteiger charge is -2.33. The van der Waals surface area contributed by atoms with E-state index in [2.05, 4.69) is 81.5 Å². The van der Waals surface area contributed by atoms with Gasteiger partial charge in [-0.25, -0.2) is 4.98 Å². The van der Waals surface area contributed by atoms with Gasteiger partial charge in [-0.05, 0) is 49.6 Å². The number of piperazine rings is 1. The van der Waals surface area contributed by atoms with E-state index in [0.717, 1.165) is 71.2 Å². The van der Waals surface area contributed by atoms with E-state index in [1.54, 1.807) is 24.5 Å². The molecule has 26 nitrogen and oxygen atoms in total. The van der Waals surface area contributed by atoms with Crippen LogP contribution in [0.2, 0.25) is 5.02 Å². The number of anilines is 9. The number of nitrogen functional groups attached to an aromatic ring is 3. The molecule has 3 aliphatic heterocycles. The summed E-state index contributed by atoms with van der Waals surface area (Å²) in [7, 11) is 2.04. The van der Waals surface area contributed by atoms with Gasteiger partial charge in [0.25, 0.3) is 11.4 Å². The summed E-state index contributed by atoms with van der Waals surface area (Å²) in [4.78, 5) is 87.2. The molecule has 398 valence electrons. The van der Waals surface area contributed by atoms with Gasteiger partial charge < -0.3 is 47.9 Å². The van der Waals surface area contributed by atoms with E-state index in [1.165, 1.54) is 21.9 Å². The van der Waals surface area contributed by atoms with Gasteiger partial charge in [0.15, 0.2) is 11.5 Å². The van der Waals surface area contributed by atoms with Crippen LogP contribution in [0.5, 0.6) is 0 Å². The number of hydrogen-bond acceptors (Lipinski definition) is 21. The normalized spacial score (nSPS) is 14.0. The van der Waals surface area contributed by atoms with Crippen molar-refractivity contribution in [3.05, 3.63) is 90.2 Å². The van der Waals surface area contributed by atoms with Crippen LogP contribution in [-0.4, -0.2) is 119 Å². The largest absolute Gasteiger partial charge is 0.383 e. The summed E-state index contributed by atoms with van der Waals surface area (Å²) in [6.45, 7) is 12.1. The molecule has 0 unspecified atom stereocenters. The molecule has 0 atom stereocenters. The van der Waals surface area contributed by atoms with Crippen molar-refractivity contribution in [3.8, 4) is 0 Å². The summed E-state index contributed by atoms with van der Waals surface area (Å²) < 4.78 is 0. The maximum absolute atomic E-state index is 12.8. The third-order valence-electron chi connectivity index (χ3n) is 12.5. The number of nitro groups is 2. The summed E-state index contributed by atoms with van der Waals surface area (Å²) in [5.41, 5.74) is 22.0. The topological polar surface area (TPSA) is 354 Å². The predicted molar refractivity (Wildman–Crippen MR) is 290 cm³/mol. The summed E-state index contributed by atoms with van der Waals surface area (Å²) in [6, 6.07) is 9.64. The number of aromatic nitrogens is 8. The maximum atomic E-state index is 12.8. The van der Waals surface area contributed by atoms with Crippen LogP contribution in [0.3, 0.4) is 0 Å². The molecule has 10 N–H and O–H groups in total. The summed E-state index contributed by atoms with van der Waals surface area (Å²) >= 11 is 5.85. The average molecular weight is 1050 g/mol. The number of halogens is 1. The summed E-state index contributed by atoms with van der Waals surface area (Å²) in [5, 5.41) is 32.3. The molecule has 4 aromatic heterocycles. The van der Waals surface area contributed by atoms with Gasteiger partial charge in [-0.3, -0.25) is 39.6 Å². The van der Waals surface area contributed by atoms with E-state index in [0.29, 0.717) is 87.5 Å². The number of benzene rings is 2. The van der Waals surface area contributed by atoms with Crippen LogP contribution in [0.25, 0.3) is 11.2 Å². The smallest absolute Gasteiger partial charge is 0.292 e. The number of unbranched alkanes of at least 4 members (excludes halogenated alkanes) is 3. The van der Waals surface area contributed by atoms with Gasteiger partial charge in [0.05, 0.1) is 42.1 Å². The highest BCUT2D eigenvalue weighted by Crippen LogP contribution is 2.36. The number of aromatic amines is 1. The van der Waals surface area contributed by atoms with E-state index in [-0.39, 0.29) is 70.7 Å². The van der Waals surface area contributed by atoms with Gasteiger partial charge in [0.2, 0.25) is 29.7 Å². The second-order valence-corrected chi connectivity index (χ2v) is 18.5. The van der Waals surface area contributed by atoms with Gasteiger partial charge >= 0.3 is 0 Å². The van der Waals surface area contributed by atoms with Crippen molar-refractivity contribution in [1.82, 2.24) is 44.8 Å². The third-order valence-corrected chi connectivity index (χ3v) is 12.8. The van der Waals surface area contributed by atoms with Crippen LogP contribution in [0.1, 0.15) is 81.5 Å². The first kappa shape index (κ1) is 54.5. The fourth-order valence-corrected chi connectivity index (χ4v) is 8.52. The molecule has 3 aliphatic rings. The van der Waals surface area contributed by atoms with E-state index in [4.69, 9.17) is 28.8 Å². The Hall–Kier alpha value is -8.26. The molecule has 6 aromatic rings. The van der Waals surface area contributed by atoms with E-state index in [9.17, 15) is 29.8 Å². The summed E-state index contributed by atoms with van der Waals surface area (Å²) in [5.74, 6) is 2.83. The Morgan fingerprint density at radius 2 is 1.12 bits per heavy atom. The molecular weight excluding hydrogens is 988 g/mol. The zero-order valence-electron chi connectivity index (χ0n) is 42.4. The van der Waals surface area contributed by atoms with Crippen LogP contribution in [0, 0.1) is 20.2 Å². The molecule has 2 aromatic carbocycles. The number of carbonyl (C=O) groups is 2. The van der Waals surface area contributed by atoms with Crippen molar-refractivity contribution in [2.75, 3.05) is 101 Å². The highest BCUT2D eigenvalue weighted by atomic mass is 35.5. The number of hydrogen-bond donors (Lipinski definition) is 7. The Kier molecular flexibility index (Phi) is 18.3. The second kappa shape index (κ2) is 25.1. The number of fused-ring (bicyclic) bond motifs is 3. The first-order chi connectivity index (χ1) is 36.1. The standard InChI is InChI=1S/C22H30N8O3.C17H19ClN6O3.C9H14N6/c1-3-4-7-24-22-25-20(23)16-13-19(31)29(21(16)26-22)14-15-5-6-17(18(12-15)30(32)33)28-10-8-27(2)9-11-28;1-2-3-6-20-17-21-15(19)11-8-14(25)23(16(11)22-17)9-10-4-5-12(18)13(7-10)24(26)27;1-2-3-4-11-9-14-7(10)6-8(15-9)13-5-12-6/h5-6,12H,3-4,7-11,13-14H2,1-2H3,(H3,23,24,25,26);4-5,7H,2-3,6,8-9H2,1H3,(H3,19,20,21,22);5H,2-4H2,1H3,(H4,10,11,12,13,14,15). The molecule has 0 saturated carbocycles. The monoisotopic (exact) mass is 1050 g/mol. The van der Waals surface area contributed by atoms with E-state index >= 15 is 0 Å². The number of H-pyrrole nitrogens is 1. The van der Waals surface area contributed by atoms with Gasteiger partial charge in [-0.2, -0.15) is 29.9 Å². The van der Waals surface area contributed by atoms with Crippen molar-refractivity contribution >= 4 is 98.6 Å². The van der Waals surface area contributed by atoms with Crippen molar-refractivity contribution in [1.29, 1.82) is 0 Å². The van der Waals surface area contributed by atoms with Gasteiger partial charge in [-0.15, -0.1) is 0 Å². The van der Waals surface area contributed by atoms with Crippen LogP contribution in [-0.2, 0) is 35.5 Å². The van der Waals surface area contributed by atoms with Crippen molar-refractivity contribution in [2.45, 2.75) is 85.2 Å². The molecule has 9 rings (SSSR count). The molecule has 2 amide bonds. The highest BCUT2D eigenvalue weighted by Gasteiger charge is 2.34. The van der Waals surface area contributed by atoms with Gasteiger partial charge in [0.1, 0.15) is 39.5 Å². The average Bonchev–Trinajstić information content (AvgIpc) is 4.08. The Morgan fingerprint density at radius 3 is 1.61 bits per heavy atom. The van der Waals surface area contributed by atoms with Crippen LogP contribution < -0.4 is 47.9 Å². The Bertz CT molecular complexity index is 3020. The number of imidazole rings is 1.